The Morgan fingerprint density at radius 3 is 2.35 bits per heavy atom. The molecule has 5 nitrogen and oxygen atoms in total. The minimum Gasteiger partial charge on any atom is -0.481 e. The van der Waals surface area contributed by atoms with Gasteiger partial charge in [0.2, 0.25) is 5.91 Å². The molecule has 0 atom stereocenters. The van der Waals surface area contributed by atoms with Crippen molar-refractivity contribution in [1.29, 1.82) is 0 Å². The van der Waals surface area contributed by atoms with Gasteiger partial charge in [0.1, 0.15) is 0 Å². The quantitative estimate of drug-likeness (QED) is 0.729. The lowest BCUT2D eigenvalue weighted by molar-refractivity contribution is -0.137. The van der Waals surface area contributed by atoms with Crippen molar-refractivity contribution in [2.24, 2.45) is 0 Å². The molecular weight excluding hydrogens is 222 g/mol. The molecule has 0 aromatic heterocycles. The minimum absolute atomic E-state index is 0.0177. The fraction of sp³-hybridized carbons (Fsp3) is 0.833. The van der Waals surface area contributed by atoms with E-state index >= 15 is 0 Å². The Kier molecular flexibility index (Phi) is 4.93. The number of aliphatic hydroxyl groups is 1. The van der Waals surface area contributed by atoms with E-state index in [0.717, 1.165) is 25.7 Å². The van der Waals surface area contributed by atoms with Crippen LogP contribution in [-0.4, -0.2) is 46.2 Å². The summed E-state index contributed by atoms with van der Waals surface area (Å²) >= 11 is 0. The predicted molar refractivity (Wildman–Crippen MR) is 62.5 cm³/mol. The van der Waals surface area contributed by atoms with E-state index in [2.05, 4.69) is 0 Å². The monoisotopic (exact) mass is 243 g/mol. The highest BCUT2D eigenvalue weighted by Crippen LogP contribution is 2.30. The number of carbonyl (C=O) groups excluding carboxylic acids is 1. The normalized spacial score (nSPS) is 18.0. The van der Waals surface area contributed by atoms with E-state index < -0.39 is 11.6 Å². The van der Waals surface area contributed by atoms with Gasteiger partial charge in [0.25, 0.3) is 0 Å². The van der Waals surface area contributed by atoms with Gasteiger partial charge in [-0.2, -0.15) is 0 Å². The summed E-state index contributed by atoms with van der Waals surface area (Å²) in [4.78, 5) is 23.5. The smallest absolute Gasteiger partial charge is 0.303 e. The second kappa shape index (κ2) is 6.00. The fourth-order valence-corrected chi connectivity index (χ4v) is 2.30. The number of hydrogen-bond acceptors (Lipinski definition) is 3. The van der Waals surface area contributed by atoms with Crippen LogP contribution in [0.2, 0.25) is 0 Å². The summed E-state index contributed by atoms with van der Waals surface area (Å²) < 4.78 is 0. The summed E-state index contributed by atoms with van der Waals surface area (Å²) in [5.41, 5.74) is -0.725. The molecule has 5 heteroatoms. The molecule has 0 radical (unpaired) electrons. The summed E-state index contributed by atoms with van der Waals surface area (Å²) in [5.74, 6) is -0.971. The molecule has 1 aliphatic rings. The van der Waals surface area contributed by atoms with E-state index in [0.29, 0.717) is 13.0 Å². The molecule has 0 spiro atoms. The van der Waals surface area contributed by atoms with Crippen LogP contribution in [0.1, 0.15) is 44.9 Å². The summed E-state index contributed by atoms with van der Waals surface area (Å²) in [7, 11) is 1.67. The van der Waals surface area contributed by atoms with Crippen LogP contribution in [0, 0.1) is 0 Å². The Morgan fingerprint density at radius 1 is 1.24 bits per heavy atom. The Balaban J connectivity index is 2.28. The first-order chi connectivity index (χ1) is 7.93. The SMILES string of the molecule is CN(CC1(O)CCCC1)C(=O)CCCC(=O)O. The third-order valence-electron chi connectivity index (χ3n) is 3.27. The summed E-state index contributed by atoms with van der Waals surface area (Å²) in [6, 6.07) is 0. The lowest BCUT2D eigenvalue weighted by atomic mass is 10.0. The number of carboxylic acid groups (broad SMARTS) is 1. The molecule has 98 valence electrons. The Bertz CT molecular complexity index is 284. The van der Waals surface area contributed by atoms with Crippen LogP contribution in [0.5, 0.6) is 0 Å². The number of carbonyl (C=O) groups is 2. The second-order valence-corrected chi connectivity index (χ2v) is 4.93. The Morgan fingerprint density at radius 2 is 1.82 bits per heavy atom. The molecule has 0 aromatic rings. The van der Waals surface area contributed by atoms with Crippen molar-refractivity contribution < 1.29 is 19.8 Å². The van der Waals surface area contributed by atoms with Gasteiger partial charge in [-0.25, -0.2) is 0 Å². The first-order valence-corrected chi connectivity index (χ1v) is 6.11. The molecule has 0 unspecified atom stereocenters. The topological polar surface area (TPSA) is 77.8 Å². The van der Waals surface area contributed by atoms with Gasteiger partial charge in [-0.05, 0) is 19.3 Å². The van der Waals surface area contributed by atoms with Crippen molar-refractivity contribution in [3.05, 3.63) is 0 Å². The van der Waals surface area contributed by atoms with Crippen LogP contribution < -0.4 is 0 Å². The molecule has 1 rings (SSSR count). The van der Waals surface area contributed by atoms with Crippen molar-refractivity contribution in [3.8, 4) is 0 Å². The number of hydrogen-bond donors (Lipinski definition) is 2. The Labute approximate surface area is 101 Å². The van der Waals surface area contributed by atoms with E-state index in [4.69, 9.17) is 5.11 Å². The van der Waals surface area contributed by atoms with E-state index in [1.54, 1.807) is 7.05 Å². The van der Waals surface area contributed by atoms with Crippen molar-refractivity contribution in [2.75, 3.05) is 13.6 Å². The van der Waals surface area contributed by atoms with Gasteiger partial charge in [0.05, 0.1) is 5.60 Å². The first kappa shape index (κ1) is 14.0. The standard InChI is InChI=1S/C12H21NO4/c1-13(9-12(17)7-2-3-8-12)10(14)5-4-6-11(15)16/h17H,2-9H2,1H3,(H,15,16). The highest BCUT2D eigenvalue weighted by molar-refractivity contribution is 5.76. The molecule has 2 N–H and O–H groups in total. The molecule has 0 aliphatic heterocycles. The average molecular weight is 243 g/mol. The molecule has 0 bridgehead atoms. The van der Waals surface area contributed by atoms with Crippen LogP contribution in [0.25, 0.3) is 0 Å². The van der Waals surface area contributed by atoms with Crippen molar-refractivity contribution in [1.82, 2.24) is 4.90 Å². The molecule has 1 fully saturated rings. The lowest BCUT2D eigenvalue weighted by Crippen LogP contribution is -2.41. The second-order valence-electron chi connectivity index (χ2n) is 4.93. The van der Waals surface area contributed by atoms with E-state index in [1.807, 2.05) is 0 Å². The maximum Gasteiger partial charge on any atom is 0.303 e. The molecule has 17 heavy (non-hydrogen) atoms. The molecule has 1 aliphatic carbocycles. The minimum atomic E-state index is -0.880. The highest BCUT2D eigenvalue weighted by Gasteiger charge is 2.33. The maximum atomic E-state index is 11.7. The van der Waals surface area contributed by atoms with Gasteiger partial charge in [-0.3, -0.25) is 9.59 Å². The van der Waals surface area contributed by atoms with Gasteiger partial charge in [0.15, 0.2) is 0 Å². The maximum absolute atomic E-state index is 11.7. The Hall–Kier alpha value is -1.10. The molecule has 0 saturated heterocycles. The van der Waals surface area contributed by atoms with Crippen LogP contribution in [0.15, 0.2) is 0 Å². The number of rotatable bonds is 6. The molecular formula is C12H21NO4. The number of aliphatic carboxylic acids is 1. The number of likely N-dealkylation sites (N-methyl/N-ethyl adjacent to an activating group) is 1. The zero-order valence-electron chi connectivity index (χ0n) is 10.3. The summed E-state index contributed by atoms with van der Waals surface area (Å²) in [6.07, 6.45) is 4.13. The van der Waals surface area contributed by atoms with Crippen molar-refractivity contribution in [2.45, 2.75) is 50.5 Å². The lowest BCUT2D eigenvalue weighted by Gasteiger charge is -2.28. The van der Waals surface area contributed by atoms with Crippen LogP contribution in [-0.2, 0) is 9.59 Å². The molecule has 0 aromatic carbocycles. The van der Waals surface area contributed by atoms with E-state index in [1.165, 1.54) is 4.90 Å². The number of carboxylic acids is 1. The number of nitrogens with zero attached hydrogens (tertiary/aromatic N) is 1. The third-order valence-corrected chi connectivity index (χ3v) is 3.27. The highest BCUT2D eigenvalue weighted by atomic mass is 16.4. The van der Waals surface area contributed by atoms with Gasteiger partial charge in [-0.1, -0.05) is 12.8 Å². The zero-order chi connectivity index (χ0) is 12.9. The van der Waals surface area contributed by atoms with Crippen LogP contribution in [0.3, 0.4) is 0 Å². The third kappa shape index (κ3) is 4.73. The predicted octanol–water partition coefficient (Wildman–Crippen LogP) is 1.00. The van der Waals surface area contributed by atoms with E-state index in [9.17, 15) is 14.7 Å². The fourth-order valence-electron chi connectivity index (χ4n) is 2.30. The summed E-state index contributed by atoms with van der Waals surface area (Å²) in [5, 5.41) is 18.6. The number of amides is 1. The van der Waals surface area contributed by atoms with Gasteiger partial charge < -0.3 is 15.1 Å². The van der Waals surface area contributed by atoms with Crippen LogP contribution in [0.4, 0.5) is 0 Å². The average Bonchev–Trinajstić information content (AvgIpc) is 2.64. The van der Waals surface area contributed by atoms with Gasteiger partial charge in [0, 0.05) is 26.4 Å². The zero-order valence-corrected chi connectivity index (χ0v) is 10.3. The molecule has 1 amide bonds. The molecule has 0 heterocycles. The first-order valence-electron chi connectivity index (χ1n) is 6.11. The molecule has 1 saturated carbocycles. The van der Waals surface area contributed by atoms with Gasteiger partial charge in [-0.15, -0.1) is 0 Å². The van der Waals surface area contributed by atoms with Gasteiger partial charge >= 0.3 is 5.97 Å². The summed E-state index contributed by atoms with van der Waals surface area (Å²) in [6.45, 7) is 0.360. The van der Waals surface area contributed by atoms with Crippen molar-refractivity contribution in [3.63, 3.8) is 0 Å². The van der Waals surface area contributed by atoms with Crippen molar-refractivity contribution >= 4 is 11.9 Å². The van der Waals surface area contributed by atoms with E-state index in [-0.39, 0.29) is 18.7 Å². The largest absolute Gasteiger partial charge is 0.481 e. The van der Waals surface area contributed by atoms with Crippen LogP contribution >= 0.6 is 0 Å².